The van der Waals surface area contributed by atoms with Crippen LogP contribution >= 0.6 is 23.2 Å². The van der Waals surface area contributed by atoms with Crippen molar-refractivity contribution in [2.75, 3.05) is 7.11 Å². The van der Waals surface area contributed by atoms with Crippen molar-refractivity contribution in [3.8, 4) is 17.2 Å². The average molecular weight is 268 g/mol. The molecule has 0 saturated heterocycles. The molecular formula is C13H9Cl2O2. The minimum atomic E-state index is 0.380. The first-order chi connectivity index (χ1) is 8.20. The highest BCUT2D eigenvalue weighted by molar-refractivity contribution is 6.42. The van der Waals surface area contributed by atoms with Crippen LogP contribution in [0.25, 0.3) is 0 Å². The van der Waals surface area contributed by atoms with Gasteiger partial charge in [0.05, 0.1) is 18.2 Å². The molecular weight excluding hydrogens is 259 g/mol. The molecule has 0 aliphatic heterocycles. The molecule has 2 nitrogen and oxygen atoms in total. The highest BCUT2D eigenvalue weighted by atomic mass is 35.5. The van der Waals surface area contributed by atoms with Gasteiger partial charge in [-0.2, -0.15) is 0 Å². The quantitative estimate of drug-likeness (QED) is 0.810. The molecule has 4 heteroatoms. The third-order valence-electron chi connectivity index (χ3n) is 2.10. The Hall–Kier alpha value is -1.38. The van der Waals surface area contributed by atoms with E-state index in [0.717, 1.165) is 0 Å². The van der Waals surface area contributed by atoms with Gasteiger partial charge in [-0.15, -0.1) is 0 Å². The number of hydrogen-bond donors (Lipinski definition) is 0. The molecule has 0 heterocycles. The molecule has 0 spiro atoms. The Morgan fingerprint density at radius 3 is 2.47 bits per heavy atom. The number of halogens is 2. The number of rotatable bonds is 3. The molecule has 0 amide bonds. The Kier molecular flexibility index (Phi) is 3.77. The summed E-state index contributed by atoms with van der Waals surface area (Å²) in [6.45, 7) is 0. The summed E-state index contributed by atoms with van der Waals surface area (Å²) in [6, 6.07) is 13.5. The third kappa shape index (κ3) is 2.84. The molecule has 0 fully saturated rings. The predicted octanol–water partition coefficient (Wildman–Crippen LogP) is 4.59. The zero-order chi connectivity index (χ0) is 12.3. The fourth-order valence-corrected chi connectivity index (χ4v) is 1.62. The molecule has 17 heavy (non-hydrogen) atoms. The maximum atomic E-state index is 6.01. The van der Waals surface area contributed by atoms with Crippen LogP contribution in [0, 0.1) is 6.07 Å². The summed E-state index contributed by atoms with van der Waals surface area (Å²) in [7, 11) is 1.57. The van der Waals surface area contributed by atoms with E-state index in [9.17, 15) is 0 Å². The largest absolute Gasteiger partial charge is 0.496 e. The van der Waals surface area contributed by atoms with Crippen LogP contribution in [-0.4, -0.2) is 7.11 Å². The number of ether oxygens (including phenoxy) is 2. The van der Waals surface area contributed by atoms with Crippen LogP contribution in [0.4, 0.5) is 0 Å². The fourth-order valence-electron chi connectivity index (χ4n) is 1.29. The van der Waals surface area contributed by atoms with Gasteiger partial charge in [0.2, 0.25) is 0 Å². The molecule has 0 bridgehead atoms. The van der Waals surface area contributed by atoms with Gasteiger partial charge in [0, 0.05) is 0 Å². The molecule has 2 aromatic rings. The first-order valence-corrected chi connectivity index (χ1v) is 5.64. The zero-order valence-electron chi connectivity index (χ0n) is 9.04. The summed E-state index contributed by atoms with van der Waals surface area (Å²) in [5.74, 6) is 1.61. The van der Waals surface area contributed by atoms with Crippen molar-refractivity contribution in [2.24, 2.45) is 0 Å². The van der Waals surface area contributed by atoms with E-state index in [1.54, 1.807) is 37.4 Å². The average Bonchev–Trinajstić information content (AvgIpc) is 2.35. The van der Waals surface area contributed by atoms with E-state index in [1.165, 1.54) is 0 Å². The molecule has 1 radical (unpaired) electrons. The van der Waals surface area contributed by atoms with Crippen molar-refractivity contribution in [2.45, 2.75) is 0 Å². The highest BCUT2D eigenvalue weighted by Gasteiger charge is 2.07. The number of hydrogen-bond acceptors (Lipinski definition) is 2. The minimum absolute atomic E-state index is 0.380. The zero-order valence-corrected chi connectivity index (χ0v) is 10.5. The van der Waals surface area contributed by atoms with Gasteiger partial charge in [-0.3, -0.25) is 0 Å². The SMILES string of the molecule is COc1[c]c(Oc2cccc(Cl)c2Cl)ccc1. The van der Waals surface area contributed by atoms with Crippen molar-refractivity contribution < 1.29 is 9.47 Å². The molecule has 0 aliphatic rings. The standard InChI is InChI=1S/C13H9Cl2O2/c1-16-9-4-2-5-10(8-9)17-12-7-3-6-11(14)13(12)15/h2-7H,1H3. The van der Waals surface area contributed by atoms with E-state index in [4.69, 9.17) is 32.7 Å². The van der Waals surface area contributed by atoms with Gasteiger partial charge in [0.15, 0.2) is 0 Å². The second kappa shape index (κ2) is 5.30. The van der Waals surface area contributed by atoms with E-state index < -0.39 is 0 Å². The van der Waals surface area contributed by atoms with Crippen molar-refractivity contribution in [1.82, 2.24) is 0 Å². The molecule has 2 aromatic carbocycles. The summed E-state index contributed by atoms with van der Waals surface area (Å²) < 4.78 is 10.6. The van der Waals surface area contributed by atoms with Gasteiger partial charge >= 0.3 is 0 Å². The Morgan fingerprint density at radius 1 is 1.00 bits per heavy atom. The normalized spacial score (nSPS) is 10.1. The Balaban J connectivity index is 2.28. The minimum Gasteiger partial charge on any atom is -0.496 e. The van der Waals surface area contributed by atoms with Crippen LogP contribution in [0.15, 0.2) is 36.4 Å². The lowest BCUT2D eigenvalue weighted by Crippen LogP contribution is -1.88. The molecule has 0 unspecified atom stereocenters. The van der Waals surface area contributed by atoms with Crippen LogP contribution in [-0.2, 0) is 0 Å². The second-order valence-electron chi connectivity index (χ2n) is 3.24. The van der Waals surface area contributed by atoms with E-state index >= 15 is 0 Å². The number of methoxy groups -OCH3 is 1. The monoisotopic (exact) mass is 267 g/mol. The van der Waals surface area contributed by atoms with Gasteiger partial charge in [0.25, 0.3) is 0 Å². The van der Waals surface area contributed by atoms with E-state index in [-0.39, 0.29) is 0 Å². The lowest BCUT2D eigenvalue weighted by Gasteiger charge is -2.08. The maximum Gasteiger partial charge on any atom is 0.147 e. The van der Waals surface area contributed by atoms with Crippen molar-refractivity contribution in [1.29, 1.82) is 0 Å². The van der Waals surface area contributed by atoms with Crippen LogP contribution in [0.3, 0.4) is 0 Å². The molecule has 87 valence electrons. The van der Waals surface area contributed by atoms with Gasteiger partial charge < -0.3 is 9.47 Å². The summed E-state index contributed by atoms with van der Waals surface area (Å²) in [5, 5.41) is 0.831. The Labute approximate surface area is 110 Å². The summed E-state index contributed by atoms with van der Waals surface area (Å²) >= 11 is 11.9. The van der Waals surface area contributed by atoms with Crippen LogP contribution < -0.4 is 9.47 Å². The third-order valence-corrected chi connectivity index (χ3v) is 2.90. The Bertz CT molecular complexity index is 527. The molecule has 0 atom stereocenters. The molecule has 0 aromatic heterocycles. The first-order valence-electron chi connectivity index (χ1n) is 4.89. The summed E-state index contributed by atoms with van der Waals surface area (Å²) in [6.07, 6.45) is 0. The topological polar surface area (TPSA) is 18.5 Å². The van der Waals surface area contributed by atoms with E-state index in [1.807, 2.05) is 6.07 Å². The van der Waals surface area contributed by atoms with Crippen molar-refractivity contribution in [3.63, 3.8) is 0 Å². The van der Waals surface area contributed by atoms with Crippen molar-refractivity contribution in [3.05, 3.63) is 52.5 Å². The van der Waals surface area contributed by atoms with Crippen molar-refractivity contribution >= 4 is 23.2 Å². The summed E-state index contributed by atoms with van der Waals surface area (Å²) in [5.41, 5.74) is 0. The van der Waals surface area contributed by atoms with Gasteiger partial charge in [-0.25, -0.2) is 0 Å². The second-order valence-corrected chi connectivity index (χ2v) is 4.02. The molecule has 0 saturated carbocycles. The van der Waals surface area contributed by atoms with Gasteiger partial charge in [-0.05, 0) is 24.3 Å². The fraction of sp³-hybridized carbons (Fsp3) is 0.0769. The van der Waals surface area contributed by atoms with Gasteiger partial charge in [-0.1, -0.05) is 35.3 Å². The van der Waals surface area contributed by atoms with Crippen LogP contribution in [0.2, 0.25) is 10.0 Å². The van der Waals surface area contributed by atoms with E-state index in [0.29, 0.717) is 27.3 Å². The van der Waals surface area contributed by atoms with Gasteiger partial charge in [0.1, 0.15) is 22.3 Å². The Morgan fingerprint density at radius 2 is 1.71 bits per heavy atom. The van der Waals surface area contributed by atoms with Crippen LogP contribution in [0.1, 0.15) is 0 Å². The predicted molar refractivity (Wildman–Crippen MR) is 68.4 cm³/mol. The lowest BCUT2D eigenvalue weighted by atomic mass is 10.3. The first kappa shape index (κ1) is 12.1. The summed E-state index contributed by atoms with van der Waals surface area (Å²) in [4.78, 5) is 0. The smallest absolute Gasteiger partial charge is 0.147 e. The van der Waals surface area contributed by atoms with E-state index in [2.05, 4.69) is 6.07 Å². The molecule has 0 aliphatic carbocycles. The van der Waals surface area contributed by atoms with Crippen LogP contribution in [0.5, 0.6) is 17.2 Å². The lowest BCUT2D eigenvalue weighted by molar-refractivity contribution is 0.407. The number of benzene rings is 2. The highest BCUT2D eigenvalue weighted by Crippen LogP contribution is 2.34. The molecule has 0 N–H and O–H groups in total. The molecule has 2 rings (SSSR count). The maximum absolute atomic E-state index is 6.01.